The number of nitrogens with one attached hydrogen (secondary N) is 1. The zero-order chi connectivity index (χ0) is 28.6. The Hall–Kier alpha value is -3.07. The summed E-state index contributed by atoms with van der Waals surface area (Å²) in [5, 5.41) is 3.63. The average Bonchev–Trinajstić information content (AvgIpc) is 2.93. The van der Waals surface area contributed by atoms with E-state index in [1.165, 1.54) is 17.0 Å². The smallest absolute Gasteiger partial charge is 0.264 e. The van der Waals surface area contributed by atoms with Crippen LogP contribution in [0.25, 0.3) is 0 Å². The van der Waals surface area contributed by atoms with Crippen molar-refractivity contribution in [2.45, 2.75) is 57.1 Å². The molecule has 3 rings (SSSR count). The summed E-state index contributed by atoms with van der Waals surface area (Å²) in [5.74, 6) is -0.902. The third-order valence-corrected chi connectivity index (χ3v) is 8.93. The normalized spacial score (nSPS) is 12.8. The summed E-state index contributed by atoms with van der Waals surface area (Å²) >= 11 is 12.9. The van der Waals surface area contributed by atoms with E-state index in [2.05, 4.69) is 5.32 Å². The topological polar surface area (TPSA) is 86.8 Å². The molecule has 0 aliphatic heterocycles. The van der Waals surface area contributed by atoms with Gasteiger partial charge in [0.25, 0.3) is 10.0 Å². The van der Waals surface area contributed by atoms with Gasteiger partial charge in [0.2, 0.25) is 11.8 Å². The highest BCUT2D eigenvalue weighted by atomic mass is 35.5. The van der Waals surface area contributed by atoms with Crippen molar-refractivity contribution in [3.05, 3.63) is 94.5 Å². The molecule has 3 aromatic carbocycles. The molecule has 0 aliphatic carbocycles. The van der Waals surface area contributed by atoms with Crippen LogP contribution in [0.4, 0.5) is 5.69 Å². The molecule has 2 amide bonds. The first-order valence-electron chi connectivity index (χ1n) is 12.8. The van der Waals surface area contributed by atoms with E-state index in [9.17, 15) is 18.0 Å². The number of amides is 2. The molecule has 2 atom stereocenters. The Labute approximate surface area is 240 Å². The van der Waals surface area contributed by atoms with Crippen molar-refractivity contribution >= 4 is 50.7 Å². The lowest BCUT2D eigenvalue weighted by Crippen LogP contribution is -2.53. The standard InChI is InChI=1S/C29H33Cl2N3O4S/c1-4-21(3)32-29(36)27(5-2)33(19-24-25(30)17-12-18-26(24)31)28(35)20-34(22-13-8-6-9-14-22)39(37,38)23-15-10-7-11-16-23/h6-18,21,27H,4-5,19-20H2,1-3H3,(H,32,36)/t21-,27-/m0/s1. The molecule has 0 saturated carbocycles. The molecule has 0 aliphatic rings. The maximum Gasteiger partial charge on any atom is 0.264 e. The molecule has 0 fully saturated rings. The molecule has 0 radical (unpaired) electrons. The molecule has 0 spiro atoms. The van der Waals surface area contributed by atoms with Crippen molar-refractivity contribution in [1.29, 1.82) is 0 Å². The van der Waals surface area contributed by atoms with E-state index in [0.717, 1.165) is 4.31 Å². The number of halogens is 2. The van der Waals surface area contributed by atoms with Gasteiger partial charge in [-0.1, -0.05) is 79.5 Å². The highest BCUT2D eigenvalue weighted by Crippen LogP contribution is 2.28. The van der Waals surface area contributed by atoms with E-state index in [4.69, 9.17) is 23.2 Å². The number of para-hydroxylation sites is 1. The van der Waals surface area contributed by atoms with E-state index in [0.29, 0.717) is 34.1 Å². The van der Waals surface area contributed by atoms with Gasteiger partial charge in [0, 0.05) is 28.2 Å². The average molecular weight is 591 g/mol. The van der Waals surface area contributed by atoms with Crippen molar-refractivity contribution in [3.8, 4) is 0 Å². The number of nitrogens with zero attached hydrogens (tertiary/aromatic N) is 2. The lowest BCUT2D eigenvalue weighted by atomic mass is 10.1. The van der Waals surface area contributed by atoms with Gasteiger partial charge in [-0.3, -0.25) is 13.9 Å². The minimum absolute atomic E-state index is 0.0453. The van der Waals surface area contributed by atoms with Crippen molar-refractivity contribution in [3.63, 3.8) is 0 Å². The molecule has 7 nitrogen and oxygen atoms in total. The molecule has 0 unspecified atom stereocenters. The van der Waals surface area contributed by atoms with Crippen LogP contribution in [0.2, 0.25) is 10.0 Å². The van der Waals surface area contributed by atoms with E-state index >= 15 is 0 Å². The van der Waals surface area contributed by atoms with Gasteiger partial charge in [-0.05, 0) is 56.2 Å². The first-order valence-corrected chi connectivity index (χ1v) is 14.9. The monoisotopic (exact) mass is 589 g/mol. The fraction of sp³-hybridized carbons (Fsp3) is 0.310. The van der Waals surface area contributed by atoms with Gasteiger partial charge < -0.3 is 10.2 Å². The summed E-state index contributed by atoms with van der Waals surface area (Å²) < 4.78 is 28.6. The fourth-order valence-corrected chi connectivity index (χ4v) is 6.01. The van der Waals surface area contributed by atoms with Crippen LogP contribution in [0.3, 0.4) is 0 Å². The summed E-state index contributed by atoms with van der Waals surface area (Å²) in [6.45, 7) is 5.02. The minimum atomic E-state index is -4.11. The van der Waals surface area contributed by atoms with E-state index < -0.39 is 28.5 Å². The zero-order valence-electron chi connectivity index (χ0n) is 22.2. The number of anilines is 1. The van der Waals surface area contributed by atoms with Gasteiger partial charge in [0.05, 0.1) is 10.6 Å². The number of hydrogen-bond acceptors (Lipinski definition) is 4. The van der Waals surface area contributed by atoms with Gasteiger partial charge in [-0.15, -0.1) is 0 Å². The zero-order valence-corrected chi connectivity index (χ0v) is 24.5. The number of rotatable bonds is 12. The van der Waals surface area contributed by atoms with Gasteiger partial charge in [-0.2, -0.15) is 0 Å². The van der Waals surface area contributed by atoms with Crippen LogP contribution in [-0.4, -0.2) is 43.8 Å². The van der Waals surface area contributed by atoms with Crippen LogP contribution >= 0.6 is 23.2 Å². The molecule has 39 heavy (non-hydrogen) atoms. The third kappa shape index (κ3) is 7.53. The second-order valence-corrected chi connectivity index (χ2v) is 11.8. The minimum Gasteiger partial charge on any atom is -0.352 e. The Balaban J connectivity index is 2.07. The van der Waals surface area contributed by atoms with Crippen LogP contribution in [-0.2, 0) is 26.2 Å². The van der Waals surface area contributed by atoms with E-state index in [1.807, 2.05) is 13.8 Å². The summed E-state index contributed by atoms with van der Waals surface area (Å²) in [7, 11) is -4.11. The Bertz CT molecular complexity index is 1350. The Kier molecular flexibility index (Phi) is 10.8. The fourth-order valence-electron chi connectivity index (χ4n) is 4.06. The van der Waals surface area contributed by atoms with Crippen LogP contribution in [0.15, 0.2) is 83.8 Å². The molecular formula is C29H33Cl2N3O4S. The van der Waals surface area contributed by atoms with Gasteiger partial charge in [0.15, 0.2) is 0 Å². The highest BCUT2D eigenvalue weighted by molar-refractivity contribution is 7.92. The molecule has 3 aromatic rings. The van der Waals surface area contributed by atoms with Gasteiger partial charge in [-0.25, -0.2) is 8.42 Å². The van der Waals surface area contributed by atoms with Crippen LogP contribution in [0.1, 0.15) is 39.2 Å². The van der Waals surface area contributed by atoms with Crippen LogP contribution < -0.4 is 9.62 Å². The molecule has 208 valence electrons. The van der Waals surface area contributed by atoms with Crippen LogP contribution in [0.5, 0.6) is 0 Å². The SMILES string of the molecule is CC[C@H](C)NC(=O)[C@H](CC)N(Cc1c(Cl)cccc1Cl)C(=O)CN(c1ccccc1)S(=O)(=O)c1ccccc1. The van der Waals surface area contributed by atoms with E-state index in [-0.39, 0.29) is 23.4 Å². The maximum absolute atomic E-state index is 14.0. The van der Waals surface area contributed by atoms with Crippen molar-refractivity contribution in [2.75, 3.05) is 10.8 Å². The predicted molar refractivity (Wildman–Crippen MR) is 156 cm³/mol. The molecule has 0 bridgehead atoms. The Morgan fingerprint density at radius 3 is 1.95 bits per heavy atom. The summed E-state index contributed by atoms with van der Waals surface area (Å²) in [4.78, 5) is 28.8. The maximum atomic E-state index is 14.0. The summed E-state index contributed by atoms with van der Waals surface area (Å²) in [6, 6.07) is 20.3. The molecule has 0 heterocycles. The highest BCUT2D eigenvalue weighted by Gasteiger charge is 2.34. The quantitative estimate of drug-likeness (QED) is 0.284. The Morgan fingerprint density at radius 1 is 0.846 bits per heavy atom. The third-order valence-electron chi connectivity index (χ3n) is 6.43. The lowest BCUT2D eigenvalue weighted by molar-refractivity contribution is -0.140. The van der Waals surface area contributed by atoms with E-state index in [1.54, 1.807) is 73.7 Å². The summed E-state index contributed by atoms with van der Waals surface area (Å²) in [5.41, 5.74) is 0.795. The molecule has 1 N–H and O–H groups in total. The van der Waals surface area contributed by atoms with Crippen molar-refractivity contribution in [1.82, 2.24) is 10.2 Å². The molecule has 10 heteroatoms. The van der Waals surface area contributed by atoms with Crippen molar-refractivity contribution in [2.24, 2.45) is 0 Å². The molecule has 0 saturated heterocycles. The number of benzene rings is 3. The lowest BCUT2D eigenvalue weighted by Gasteiger charge is -2.34. The Morgan fingerprint density at radius 2 is 1.41 bits per heavy atom. The molecule has 0 aromatic heterocycles. The van der Waals surface area contributed by atoms with Crippen molar-refractivity contribution < 1.29 is 18.0 Å². The number of carbonyl (C=O) groups is 2. The van der Waals surface area contributed by atoms with Gasteiger partial charge >= 0.3 is 0 Å². The number of sulfonamides is 1. The largest absolute Gasteiger partial charge is 0.352 e. The molecular weight excluding hydrogens is 557 g/mol. The first-order chi connectivity index (χ1) is 18.6. The summed E-state index contributed by atoms with van der Waals surface area (Å²) in [6.07, 6.45) is 1.01. The second-order valence-electron chi connectivity index (χ2n) is 9.12. The second kappa shape index (κ2) is 13.8. The number of carbonyl (C=O) groups excluding carboxylic acids is 2. The van der Waals surface area contributed by atoms with Gasteiger partial charge in [0.1, 0.15) is 12.6 Å². The van der Waals surface area contributed by atoms with Crippen LogP contribution in [0, 0.1) is 0 Å². The number of hydrogen-bond donors (Lipinski definition) is 1. The predicted octanol–water partition coefficient (Wildman–Crippen LogP) is 5.91. The first kappa shape index (κ1) is 30.5.